The molecule has 0 radical (unpaired) electrons. The van der Waals surface area contributed by atoms with Crippen molar-refractivity contribution in [3.05, 3.63) is 42.4 Å². The van der Waals surface area contributed by atoms with Crippen molar-refractivity contribution >= 4 is 29.9 Å². The molecule has 0 amide bonds. The van der Waals surface area contributed by atoms with Gasteiger partial charge < -0.3 is 20.1 Å². The first kappa shape index (κ1) is 22.2. The first-order chi connectivity index (χ1) is 12.3. The minimum Gasteiger partial charge on any atom is -0.475 e. The normalized spacial score (nSPS) is 10.9. The number of hydrogen-bond acceptors (Lipinski definition) is 5. The number of guanidine groups is 1. The Labute approximate surface area is 171 Å². The van der Waals surface area contributed by atoms with Crippen molar-refractivity contribution in [3.8, 4) is 5.88 Å². The van der Waals surface area contributed by atoms with E-state index in [1.165, 1.54) is 0 Å². The number of nitrogens with one attached hydrogen (secondary N) is 2. The lowest BCUT2D eigenvalue weighted by molar-refractivity contribution is 0.143. The van der Waals surface area contributed by atoms with Crippen molar-refractivity contribution < 1.29 is 9.47 Å². The molecule has 0 spiro atoms. The summed E-state index contributed by atoms with van der Waals surface area (Å²) in [7, 11) is 3.40. The standard InChI is InChI=1S/C17H26N6O2.HI/c1-18-17(20-8-4-10-23-11-5-9-22-23)21-14-15-6-3-7-19-16(15)25-13-12-24-2;/h3,5-7,9,11H,4,8,10,12-14H2,1-2H3,(H2,18,20,21);1H. The average molecular weight is 474 g/mol. The summed E-state index contributed by atoms with van der Waals surface area (Å²) in [5.74, 6) is 1.35. The first-order valence-corrected chi connectivity index (χ1v) is 8.31. The maximum atomic E-state index is 5.64. The number of hydrogen-bond donors (Lipinski definition) is 2. The van der Waals surface area contributed by atoms with Gasteiger partial charge in [-0.3, -0.25) is 9.67 Å². The first-order valence-electron chi connectivity index (χ1n) is 8.31. The minimum atomic E-state index is 0. The molecule has 0 fully saturated rings. The van der Waals surface area contributed by atoms with Crippen molar-refractivity contribution in [2.75, 3.05) is 33.9 Å². The van der Waals surface area contributed by atoms with Crippen molar-refractivity contribution in [1.29, 1.82) is 0 Å². The number of pyridine rings is 1. The van der Waals surface area contributed by atoms with Gasteiger partial charge >= 0.3 is 0 Å². The summed E-state index contributed by atoms with van der Waals surface area (Å²) < 4.78 is 12.5. The number of nitrogens with zero attached hydrogens (tertiary/aromatic N) is 4. The van der Waals surface area contributed by atoms with Gasteiger partial charge in [-0.05, 0) is 18.6 Å². The monoisotopic (exact) mass is 474 g/mol. The predicted molar refractivity (Wildman–Crippen MR) is 112 cm³/mol. The highest BCUT2D eigenvalue weighted by atomic mass is 127. The minimum absolute atomic E-state index is 0. The van der Waals surface area contributed by atoms with Gasteiger partial charge in [-0.15, -0.1) is 24.0 Å². The Hall–Kier alpha value is -1.88. The molecule has 2 N–H and O–H groups in total. The molecule has 8 nitrogen and oxygen atoms in total. The Morgan fingerprint density at radius 2 is 2.12 bits per heavy atom. The quantitative estimate of drug-likeness (QED) is 0.236. The molecule has 0 saturated heterocycles. The second-order valence-corrected chi connectivity index (χ2v) is 5.28. The number of aromatic nitrogens is 3. The van der Waals surface area contributed by atoms with Crippen LogP contribution in [0.2, 0.25) is 0 Å². The van der Waals surface area contributed by atoms with Crippen molar-refractivity contribution in [2.45, 2.75) is 19.5 Å². The predicted octanol–water partition coefficient (Wildman–Crippen LogP) is 1.68. The lowest BCUT2D eigenvalue weighted by Gasteiger charge is -2.14. The van der Waals surface area contributed by atoms with Crippen LogP contribution in [0.4, 0.5) is 0 Å². The average Bonchev–Trinajstić information content (AvgIpc) is 3.16. The largest absolute Gasteiger partial charge is 0.475 e. The zero-order valence-corrected chi connectivity index (χ0v) is 17.6. The van der Waals surface area contributed by atoms with Crippen molar-refractivity contribution in [3.63, 3.8) is 0 Å². The molecule has 9 heteroatoms. The van der Waals surface area contributed by atoms with Gasteiger partial charge in [0.2, 0.25) is 5.88 Å². The molecule has 0 unspecified atom stereocenters. The van der Waals surface area contributed by atoms with Gasteiger partial charge in [0.05, 0.1) is 6.61 Å². The van der Waals surface area contributed by atoms with E-state index in [-0.39, 0.29) is 24.0 Å². The summed E-state index contributed by atoms with van der Waals surface area (Å²) in [4.78, 5) is 8.50. The Morgan fingerprint density at radius 1 is 1.23 bits per heavy atom. The van der Waals surface area contributed by atoms with Crippen LogP contribution in [-0.4, -0.2) is 54.6 Å². The Bertz CT molecular complexity index is 636. The van der Waals surface area contributed by atoms with Gasteiger partial charge in [0.15, 0.2) is 5.96 Å². The van der Waals surface area contributed by atoms with E-state index in [0.29, 0.717) is 25.6 Å². The van der Waals surface area contributed by atoms with Gasteiger partial charge in [0.1, 0.15) is 6.61 Å². The highest BCUT2D eigenvalue weighted by Gasteiger charge is 2.06. The fraction of sp³-hybridized carbons (Fsp3) is 0.471. The Kier molecular flexibility index (Phi) is 11.4. The third kappa shape index (κ3) is 8.00. The van der Waals surface area contributed by atoms with Gasteiger partial charge in [-0.1, -0.05) is 6.07 Å². The second kappa shape index (κ2) is 13.3. The maximum absolute atomic E-state index is 5.64. The van der Waals surface area contributed by atoms with Crippen molar-refractivity contribution in [1.82, 2.24) is 25.4 Å². The van der Waals surface area contributed by atoms with Gasteiger partial charge in [-0.2, -0.15) is 5.10 Å². The molecular weight excluding hydrogens is 447 g/mol. The van der Waals surface area contributed by atoms with Crippen molar-refractivity contribution in [2.24, 2.45) is 4.99 Å². The van der Waals surface area contributed by atoms with Crippen LogP contribution < -0.4 is 15.4 Å². The van der Waals surface area contributed by atoms with E-state index in [1.54, 1.807) is 26.6 Å². The lowest BCUT2D eigenvalue weighted by Crippen LogP contribution is -2.37. The summed E-state index contributed by atoms with van der Waals surface area (Å²) in [6.07, 6.45) is 6.42. The van der Waals surface area contributed by atoms with Crippen LogP contribution in [0.25, 0.3) is 0 Å². The fourth-order valence-corrected chi connectivity index (χ4v) is 2.19. The number of methoxy groups -OCH3 is 1. The van der Waals surface area contributed by atoms with E-state index in [9.17, 15) is 0 Å². The van der Waals surface area contributed by atoms with Gasteiger partial charge in [-0.25, -0.2) is 4.98 Å². The molecule has 0 atom stereocenters. The molecule has 144 valence electrons. The number of rotatable bonds is 10. The van der Waals surface area contributed by atoms with Crippen LogP contribution in [0.3, 0.4) is 0 Å². The number of halogens is 1. The van der Waals surface area contributed by atoms with Crippen LogP contribution in [0.15, 0.2) is 41.8 Å². The molecule has 2 aromatic rings. The van der Waals surface area contributed by atoms with E-state index >= 15 is 0 Å². The van der Waals surface area contributed by atoms with E-state index in [0.717, 1.165) is 31.0 Å². The number of aliphatic imine (C=N–C) groups is 1. The van der Waals surface area contributed by atoms with E-state index in [4.69, 9.17) is 9.47 Å². The molecule has 0 aliphatic rings. The summed E-state index contributed by atoms with van der Waals surface area (Å²) in [5.41, 5.74) is 0.970. The lowest BCUT2D eigenvalue weighted by atomic mass is 10.2. The van der Waals surface area contributed by atoms with Crippen LogP contribution in [0, 0.1) is 0 Å². The zero-order chi connectivity index (χ0) is 17.7. The molecule has 0 aromatic carbocycles. The van der Waals surface area contributed by atoms with Crippen LogP contribution in [0.1, 0.15) is 12.0 Å². The fourth-order valence-electron chi connectivity index (χ4n) is 2.19. The number of aryl methyl sites for hydroxylation is 1. The molecule has 0 bridgehead atoms. The molecule has 0 aliphatic heterocycles. The molecular formula is C17H27IN6O2. The Morgan fingerprint density at radius 3 is 2.85 bits per heavy atom. The molecule has 2 heterocycles. The topological polar surface area (TPSA) is 85.6 Å². The van der Waals surface area contributed by atoms with Crippen LogP contribution >= 0.6 is 24.0 Å². The molecule has 0 saturated carbocycles. The third-order valence-electron chi connectivity index (χ3n) is 3.46. The number of ether oxygens (including phenoxy) is 2. The molecule has 2 aromatic heterocycles. The third-order valence-corrected chi connectivity index (χ3v) is 3.46. The van der Waals surface area contributed by atoms with E-state index in [2.05, 4.69) is 25.7 Å². The van der Waals surface area contributed by atoms with Crippen LogP contribution in [0.5, 0.6) is 5.88 Å². The van der Waals surface area contributed by atoms with Gasteiger partial charge in [0, 0.05) is 57.9 Å². The Balaban J connectivity index is 0.00000338. The van der Waals surface area contributed by atoms with E-state index < -0.39 is 0 Å². The summed E-state index contributed by atoms with van der Waals surface area (Å²) >= 11 is 0. The highest BCUT2D eigenvalue weighted by molar-refractivity contribution is 14.0. The molecule has 2 rings (SSSR count). The zero-order valence-electron chi connectivity index (χ0n) is 15.2. The summed E-state index contributed by atoms with van der Waals surface area (Å²) in [5, 5.41) is 10.7. The SMILES string of the molecule is CN=C(NCCCn1cccn1)NCc1cccnc1OCCOC.I. The summed E-state index contributed by atoms with van der Waals surface area (Å²) in [6, 6.07) is 5.79. The highest BCUT2D eigenvalue weighted by Crippen LogP contribution is 2.13. The molecule has 0 aliphatic carbocycles. The molecule has 26 heavy (non-hydrogen) atoms. The smallest absolute Gasteiger partial charge is 0.218 e. The van der Waals surface area contributed by atoms with E-state index in [1.807, 2.05) is 29.1 Å². The van der Waals surface area contributed by atoms with Gasteiger partial charge in [0.25, 0.3) is 0 Å². The summed E-state index contributed by atoms with van der Waals surface area (Å²) in [6.45, 7) is 3.26. The van der Waals surface area contributed by atoms with Crippen LogP contribution in [-0.2, 0) is 17.8 Å². The maximum Gasteiger partial charge on any atom is 0.218 e. The second-order valence-electron chi connectivity index (χ2n) is 5.28.